The molecule has 1 saturated carbocycles. The molecule has 0 heterocycles. The fourth-order valence-electron chi connectivity index (χ4n) is 2.39. The predicted molar refractivity (Wildman–Crippen MR) is 45.8 cm³/mol. The van der Waals surface area contributed by atoms with Crippen LogP contribution in [0.3, 0.4) is 0 Å². The molecule has 0 saturated heterocycles. The SMILES string of the molecule is CC1C(C)C(C)C(C)C1C.[Fe]. The van der Waals surface area contributed by atoms with Crippen LogP contribution in [0.2, 0.25) is 0 Å². The van der Waals surface area contributed by atoms with Crippen LogP contribution >= 0.6 is 0 Å². The second kappa shape index (κ2) is 3.96. The van der Waals surface area contributed by atoms with Crippen molar-refractivity contribution in [2.45, 2.75) is 34.6 Å². The topological polar surface area (TPSA) is 0 Å². The molecule has 0 amide bonds. The maximum atomic E-state index is 2.40. The number of hydrogen-bond acceptors (Lipinski definition) is 0. The molecule has 0 aromatic carbocycles. The van der Waals surface area contributed by atoms with E-state index < -0.39 is 0 Å². The smallest absolute Gasteiger partial charge is 0 e. The standard InChI is InChI=1S/C10H20.Fe/c1-6-7(2)9(4)10(5)8(6)3;/h6-10H,1-5H3;. The van der Waals surface area contributed by atoms with Crippen molar-refractivity contribution >= 4 is 0 Å². The Bertz CT molecular complexity index is 77.2. The van der Waals surface area contributed by atoms with Gasteiger partial charge in [-0.25, -0.2) is 0 Å². The second-order valence-electron chi connectivity index (χ2n) is 4.30. The van der Waals surface area contributed by atoms with Gasteiger partial charge < -0.3 is 0 Å². The average molecular weight is 196 g/mol. The van der Waals surface area contributed by atoms with E-state index >= 15 is 0 Å². The first-order valence-electron chi connectivity index (χ1n) is 4.55. The van der Waals surface area contributed by atoms with Crippen molar-refractivity contribution in [2.75, 3.05) is 0 Å². The summed E-state index contributed by atoms with van der Waals surface area (Å²) in [6.45, 7) is 12.0. The van der Waals surface area contributed by atoms with Gasteiger partial charge >= 0.3 is 0 Å². The van der Waals surface area contributed by atoms with E-state index in [1.165, 1.54) is 0 Å². The zero-order valence-corrected chi connectivity index (χ0v) is 9.34. The molecule has 0 aromatic heterocycles. The first-order valence-corrected chi connectivity index (χ1v) is 4.55. The summed E-state index contributed by atoms with van der Waals surface area (Å²) in [4.78, 5) is 0. The zero-order valence-electron chi connectivity index (χ0n) is 8.24. The van der Waals surface area contributed by atoms with Gasteiger partial charge in [-0.1, -0.05) is 34.6 Å². The minimum absolute atomic E-state index is 0. The van der Waals surface area contributed by atoms with Crippen molar-refractivity contribution in [2.24, 2.45) is 29.6 Å². The molecule has 1 heteroatoms. The van der Waals surface area contributed by atoms with Crippen LogP contribution in [0.1, 0.15) is 34.6 Å². The summed E-state index contributed by atoms with van der Waals surface area (Å²) >= 11 is 0. The molecule has 68 valence electrons. The van der Waals surface area contributed by atoms with Crippen LogP contribution in [0.4, 0.5) is 0 Å². The summed E-state index contributed by atoms with van der Waals surface area (Å²) in [6.07, 6.45) is 0. The van der Waals surface area contributed by atoms with E-state index in [1.54, 1.807) is 0 Å². The molecule has 1 rings (SSSR count). The Morgan fingerprint density at radius 3 is 0.636 bits per heavy atom. The average Bonchev–Trinajstić information content (AvgIpc) is 2.07. The van der Waals surface area contributed by atoms with Crippen molar-refractivity contribution in [1.82, 2.24) is 0 Å². The van der Waals surface area contributed by atoms with Gasteiger partial charge in [-0.2, -0.15) is 0 Å². The minimum atomic E-state index is 0. The van der Waals surface area contributed by atoms with Crippen LogP contribution in [-0.2, 0) is 17.1 Å². The van der Waals surface area contributed by atoms with Gasteiger partial charge in [0.15, 0.2) is 0 Å². The molecule has 0 atom stereocenters. The Kier molecular flexibility index (Phi) is 4.14. The summed E-state index contributed by atoms with van der Waals surface area (Å²) in [5.74, 6) is 4.68. The molecule has 0 unspecified atom stereocenters. The Labute approximate surface area is 81.6 Å². The second-order valence-corrected chi connectivity index (χ2v) is 4.30. The van der Waals surface area contributed by atoms with Crippen LogP contribution < -0.4 is 0 Å². The van der Waals surface area contributed by atoms with Gasteiger partial charge in [0.25, 0.3) is 0 Å². The maximum absolute atomic E-state index is 2.40. The molecule has 0 spiro atoms. The van der Waals surface area contributed by atoms with Crippen molar-refractivity contribution in [3.05, 3.63) is 0 Å². The number of rotatable bonds is 0. The monoisotopic (exact) mass is 196 g/mol. The first kappa shape index (κ1) is 11.5. The molecule has 0 N–H and O–H groups in total. The summed E-state index contributed by atoms with van der Waals surface area (Å²) in [7, 11) is 0. The van der Waals surface area contributed by atoms with Gasteiger partial charge in [-0.3, -0.25) is 0 Å². The molecule has 0 bridgehead atoms. The molecule has 1 aliphatic rings. The minimum Gasteiger partial charge on any atom is -0.0620 e. The summed E-state index contributed by atoms with van der Waals surface area (Å²) < 4.78 is 0. The Morgan fingerprint density at radius 1 is 0.455 bits per heavy atom. The van der Waals surface area contributed by atoms with E-state index in [0.29, 0.717) is 0 Å². The molecule has 11 heavy (non-hydrogen) atoms. The van der Waals surface area contributed by atoms with Gasteiger partial charge in [0.05, 0.1) is 0 Å². The zero-order chi connectivity index (χ0) is 7.89. The van der Waals surface area contributed by atoms with Gasteiger partial charge in [0.1, 0.15) is 0 Å². The van der Waals surface area contributed by atoms with Crippen molar-refractivity contribution < 1.29 is 17.1 Å². The molecule has 0 aliphatic heterocycles. The molecular weight excluding hydrogens is 176 g/mol. The van der Waals surface area contributed by atoms with E-state index in [2.05, 4.69) is 34.6 Å². The summed E-state index contributed by atoms with van der Waals surface area (Å²) in [5, 5.41) is 0. The van der Waals surface area contributed by atoms with Crippen LogP contribution in [0, 0.1) is 29.6 Å². The molecular formula is C10H20Fe. The van der Waals surface area contributed by atoms with E-state index in [-0.39, 0.29) is 17.1 Å². The Balaban J connectivity index is 0.000001000. The first-order chi connectivity index (χ1) is 4.55. The fourth-order valence-corrected chi connectivity index (χ4v) is 2.39. The van der Waals surface area contributed by atoms with Gasteiger partial charge in [-0.05, 0) is 29.6 Å². The largest absolute Gasteiger partial charge is 0.0620 e. The molecule has 0 nitrogen and oxygen atoms in total. The van der Waals surface area contributed by atoms with Crippen molar-refractivity contribution in [1.29, 1.82) is 0 Å². The third kappa shape index (κ3) is 1.81. The Morgan fingerprint density at radius 2 is 0.545 bits per heavy atom. The van der Waals surface area contributed by atoms with E-state index in [1.807, 2.05) is 0 Å². The van der Waals surface area contributed by atoms with Gasteiger partial charge in [0.2, 0.25) is 0 Å². The van der Waals surface area contributed by atoms with E-state index in [4.69, 9.17) is 0 Å². The summed E-state index contributed by atoms with van der Waals surface area (Å²) in [5.41, 5.74) is 0. The molecule has 0 aromatic rings. The maximum Gasteiger partial charge on any atom is 0 e. The normalized spacial score (nSPS) is 50.5. The molecule has 1 fully saturated rings. The van der Waals surface area contributed by atoms with Gasteiger partial charge in [0, 0.05) is 17.1 Å². The van der Waals surface area contributed by atoms with Crippen molar-refractivity contribution in [3.8, 4) is 0 Å². The predicted octanol–water partition coefficient (Wildman–Crippen LogP) is 3.18. The molecule has 1 aliphatic carbocycles. The van der Waals surface area contributed by atoms with E-state index in [0.717, 1.165) is 29.6 Å². The third-order valence-electron chi connectivity index (χ3n) is 4.15. The van der Waals surface area contributed by atoms with Crippen molar-refractivity contribution in [3.63, 3.8) is 0 Å². The van der Waals surface area contributed by atoms with Crippen LogP contribution in [-0.4, -0.2) is 0 Å². The molecule has 0 radical (unpaired) electrons. The third-order valence-corrected chi connectivity index (χ3v) is 4.15. The van der Waals surface area contributed by atoms with Crippen LogP contribution in [0.15, 0.2) is 0 Å². The fraction of sp³-hybridized carbons (Fsp3) is 1.00. The van der Waals surface area contributed by atoms with Crippen LogP contribution in [0.25, 0.3) is 0 Å². The summed E-state index contributed by atoms with van der Waals surface area (Å²) in [6, 6.07) is 0. The quantitative estimate of drug-likeness (QED) is 0.522. The Hall–Kier alpha value is 0.519. The van der Waals surface area contributed by atoms with E-state index in [9.17, 15) is 0 Å². The van der Waals surface area contributed by atoms with Crippen LogP contribution in [0.5, 0.6) is 0 Å². The number of hydrogen-bond donors (Lipinski definition) is 0. The van der Waals surface area contributed by atoms with Gasteiger partial charge in [-0.15, -0.1) is 0 Å².